The minimum absolute atomic E-state index is 0.113. The fraction of sp³-hybridized carbons (Fsp3) is 0.857. The molecule has 114 valence electrons. The average molecular weight is 284 g/mol. The molecule has 20 heavy (non-hydrogen) atoms. The molecule has 0 radical (unpaired) electrons. The average Bonchev–Trinajstić information content (AvgIpc) is 2.95. The van der Waals surface area contributed by atoms with Gasteiger partial charge in [0.15, 0.2) is 0 Å². The van der Waals surface area contributed by atoms with Crippen molar-refractivity contribution in [2.45, 2.75) is 31.7 Å². The van der Waals surface area contributed by atoms with Crippen molar-refractivity contribution in [3.05, 3.63) is 0 Å². The molecule has 0 aliphatic carbocycles. The normalized spacial score (nSPS) is 23.9. The first-order valence-electron chi connectivity index (χ1n) is 7.40. The number of hydrogen-bond donors (Lipinski definition) is 0. The summed E-state index contributed by atoms with van der Waals surface area (Å²) in [6, 6.07) is -0.113. The summed E-state index contributed by atoms with van der Waals surface area (Å²) < 4.78 is 10.1. The minimum Gasteiger partial charge on any atom is -0.468 e. The quantitative estimate of drug-likeness (QED) is 0.678. The molecular formula is C14H24N2O4. The molecule has 2 aliphatic heterocycles. The zero-order valence-electron chi connectivity index (χ0n) is 12.2. The number of methoxy groups -OCH3 is 1. The number of hydrogen-bond acceptors (Lipinski definition) is 5. The Morgan fingerprint density at radius 1 is 1.25 bits per heavy atom. The summed E-state index contributed by atoms with van der Waals surface area (Å²) in [4.78, 5) is 27.6. The Labute approximate surface area is 120 Å². The van der Waals surface area contributed by atoms with Gasteiger partial charge in [0.2, 0.25) is 5.91 Å². The SMILES string of the molecule is COC(=O)C1CCCN1CCCC(=O)N1CCOCC1. The van der Waals surface area contributed by atoms with Crippen molar-refractivity contribution in [2.24, 2.45) is 0 Å². The number of morpholine rings is 1. The van der Waals surface area contributed by atoms with Crippen molar-refractivity contribution in [1.29, 1.82) is 0 Å². The molecule has 0 aromatic rings. The van der Waals surface area contributed by atoms with E-state index in [1.165, 1.54) is 7.11 Å². The van der Waals surface area contributed by atoms with Gasteiger partial charge < -0.3 is 14.4 Å². The molecule has 2 aliphatic rings. The Bertz CT molecular complexity index is 342. The van der Waals surface area contributed by atoms with Crippen LogP contribution in [0.4, 0.5) is 0 Å². The van der Waals surface area contributed by atoms with E-state index >= 15 is 0 Å². The molecule has 0 saturated carbocycles. The van der Waals surface area contributed by atoms with Crippen LogP contribution in [0.3, 0.4) is 0 Å². The molecule has 2 saturated heterocycles. The molecule has 6 heteroatoms. The second-order valence-electron chi connectivity index (χ2n) is 5.31. The van der Waals surface area contributed by atoms with Crippen LogP contribution in [-0.4, -0.2) is 74.2 Å². The van der Waals surface area contributed by atoms with Crippen LogP contribution in [0.2, 0.25) is 0 Å². The lowest BCUT2D eigenvalue weighted by molar-refractivity contribution is -0.145. The predicted molar refractivity (Wildman–Crippen MR) is 73.2 cm³/mol. The van der Waals surface area contributed by atoms with Crippen LogP contribution in [0.5, 0.6) is 0 Å². The van der Waals surface area contributed by atoms with E-state index in [-0.39, 0.29) is 17.9 Å². The monoisotopic (exact) mass is 284 g/mol. The number of carbonyl (C=O) groups excluding carboxylic acids is 2. The third-order valence-corrected chi connectivity index (χ3v) is 4.04. The summed E-state index contributed by atoms with van der Waals surface area (Å²) in [5, 5.41) is 0. The Morgan fingerprint density at radius 3 is 2.70 bits per heavy atom. The van der Waals surface area contributed by atoms with Gasteiger partial charge in [-0.3, -0.25) is 14.5 Å². The molecule has 0 bridgehead atoms. The van der Waals surface area contributed by atoms with E-state index in [0.29, 0.717) is 32.7 Å². The smallest absolute Gasteiger partial charge is 0.323 e. The first-order valence-corrected chi connectivity index (χ1v) is 7.40. The maximum Gasteiger partial charge on any atom is 0.323 e. The summed E-state index contributed by atoms with van der Waals surface area (Å²) in [7, 11) is 1.43. The molecule has 0 aromatic heterocycles. The number of likely N-dealkylation sites (tertiary alicyclic amines) is 1. The number of amides is 1. The summed E-state index contributed by atoms with van der Waals surface area (Å²) in [6.07, 6.45) is 3.23. The van der Waals surface area contributed by atoms with Gasteiger partial charge in [-0.05, 0) is 32.4 Å². The zero-order chi connectivity index (χ0) is 14.4. The van der Waals surface area contributed by atoms with Gasteiger partial charge in [0.1, 0.15) is 6.04 Å². The lowest BCUT2D eigenvalue weighted by Gasteiger charge is -2.27. The third kappa shape index (κ3) is 3.93. The molecular weight excluding hydrogens is 260 g/mol. The number of rotatable bonds is 5. The van der Waals surface area contributed by atoms with E-state index in [1.807, 2.05) is 4.90 Å². The van der Waals surface area contributed by atoms with Crippen LogP contribution < -0.4 is 0 Å². The van der Waals surface area contributed by atoms with Crippen molar-refractivity contribution in [3.8, 4) is 0 Å². The number of carbonyl (C=O) groups is 2. The van der Waals surface area contributed by atoms with Crippen LogP contribution in [0.15, 0.2) is 0 Å². The molecule has 1 unspecified atom stereocenters. The fourth-order valence-corrected chi connectivity index (χ4v) is 2.90. The van der Waals surface area contributed by atoms with E-state index in [4.69, 9.17) is 9.47 Å². The minimum atomic E-state index is -0.151. The highest BCUT2D eigenvalue weighted by Gasteiger charge is 2.31. The van der Waals surface area contributed by atoms with Crippen LogP contribution in [-0.2, 0) is 19.1 Å². The number of esters is 1. The van der Waals surface area contributed by atoms with Gasteiger partial charge in [-0.15, -0.1) is 0 Å². The Kier molecular flexibility index (Phi) is 5.79. The van der Waals surface area contributed by atoms with Crippen LogP contribution in [0.25, 0.3) is 0 Å². The maximum atomic E-state index is 12.0. The standard InChI is InChI=1S/C14H24N2O4/c1-19-14(18)12-4-2-6-15(12)7-3-5-13(17)16-8-10-20-11-9-16/h12H,2-11H2,1H3. The molecule has 2 rings (SSSR count). The van der Waals surface area contributed by atoms with E-state index in [9.17, 15) is 9.59 Å². The Balaban J connectivity index is 1.69. The topological polar surface area (TPSA) is 59.1 Å². The second-order valence-corrected chi connectivity index (χ2v) is 5.31. The molecule has 0 spiro atoms. The maximum absolute atomic E-state index is 12.0. The number of nitrogens with zero attached hydrogens (tertiary/aromatic N) is 2. The van der Waals surface area contributed by atoms with E-state index in [1.54, 1.807) is 0 Å². The molecule has 2 heterocycles. The van der Waals surface area contributed by atoms with Crippen molar-refractivity contribution in [1.82, 2.24) is 9.80 Å². The Morgan fingerprint density at radius 2 is 2.00 bits per heavy atom. The lowest BCUT2D eigenvalue weighted by Crippen LogP contribution is -2.41. The second kappa shape index (κ2) is 7.59. The lowest BCUT2D eigenvalue weighted by atomic mass is 10.2. The van der Waals surface area contributed by atoms with E-state index < -0.39 is 0 Å². The summed E-state index contributed by atoms with van der Waals surface area (Å²) in [5.41, 5.74) is 0. The van der Waals surface area contributed by atoms with Gasteiger partial charge in [0.25, 0.3) is 0 Å². The summed E-state index contributed by atoms with van der Waals surface area (Å²) >= 11 is 0. The highest BCUT2D eigenvalue weighted by atomic mass is 16.5. The molecule has 1 amide bonds. The van der Waals surface area contributed by atoms with Crippen LogP contribution in [0, 0.1) is 0 Å². The fourth-order valence-electron chi connectivity index (χ4n) is 2.90. The molecule has 6 nitrogen and oxygen atoms in total. The van der Waals surface area contributed by atoms with Crippen LogP contribution >= 0.6 is 0 Å². The highest BCUT2D eigenvalue weighted by Crippen LogP contribution is 2.19. The third-order valence-electron chi connectivity index (χ3n) is 4.04. The molecule has 0 aromatic carbocycles. The van der Waals surface area contributed by atoms with Gasteiger partial charge in [-0.2, -0.15) is 0 Å². The van der Waals surface area contributed by atoms with Gasteiger partial charge >= 0.3 is 5.97 Å². The van der Waals surface area contributed by atoms with Crippen LogP contribution in [0.1, 0.15) is 25.7 Å². The van der Waals surface area contributed by atoms with Gasteiger partial charge in [-0.25, -0.2) is 0 Å². The van der Waals surface area contributed by atoms with E-state index in [2.05, 4.69) is 4.90 Å². The van der Waals surface area contributed by atoms with Crippen molar-refractivity contribution < 1.29 is 19.1 Å². The molecule has 2 fully saturated rings. The van der Waals surface area contributed by atoms with Gasteiger partial charge in [0, 0.05) is 19.5 Å². The molecule has 1 atom stereocenters. The van der Waals surface area contributed by atoms with Crippen molar-refractivity contribution in [3.63, 3.8) is 0 Å². The van der Waals surface area contributed by atoms with Crippen molar-refractivity contribution >= 4 is 11.9 Å². The van der Waals surface area contributed by atoms with Gasteiger partial charge in [0.05, 0.1) is 20.3 Å². The number of ether oxygens (including phenoxy) is 2. The largest absolute Gasteiger partial charge is 0.468 e. The highest BCUT2D eigenvalue weighted by molar-refractivity contribution is 5.76. The predicted octanol–water partition coefficient (Wildman–Crippen LogP) is 0.263. The first-order chi connectivity index (χ1) is 9.72. The molecule has 0 N–H and O–H groups in total. The van der Waals surface area contributed by atoms with Crippen molar-refractivity contribution in [2.75, 3.05) is 46.5 Å². The summed E-state index contributed by atoms with van der Waals surface area (Å²) in [6.45, 7) is 4.40. The zero-order valence-corrected chi connectivity index (χ0v) is 12.2. The Hall–Kier alpha value is -1.14. The first kappa shape index (κ1) is 15.3. The van der Waals surface area contributed by atoms with E-state index in [0.717, 1.165) is 32.4 Å². The van der Waals surface area contributed by atoms with Gasteiger partial charge in [-0.1, -0.05) is 0 Å². The summed E-state index contributed by atoms with van der Waals surface area (Å²) in [5.74, 6) is 0.0455.